The second-order valence-electron chi connectivity index (χ2n) is 8.30. The molecule has 0 spiro atoms. The van der Waals surface area contributed by atoms with E-state index in [1.54, 1.807) is 14.0 Å². The Morgan fingerprint density at radius 3 is 2.55 bits per heavy atom. The molecule has 4 amide bonds. The number of piperidine rings is 1. The summed E-state index contributed by atoms with van der Waals surface area (Å²) in [6.45, 7) is 6.75. The molecular weight excluding hydrogens is 394 g/mol. The van der Waals surface area contributed by atoms with Crippen LogP contribution in [0.15, 0.2) is 12.1 Å². The number of rotatable bonds is 5. The molecule has 2 fully saturated rings. The molecule has 2 unspecified atom stereocenters. The summed E-state index contributed by atoms with van der Waals surface area (Å²) in [6.07, 6.45) is 1.99. The van der Waals surface area contributed by atoms with E-state index in [1.807, 2.05) is 24.8 Å². The number of imide groups is 1. The summed E-state index contributed by atoms with van der Waals surface area (Å²) in [5, 5.41) is 5.50. The molecule has 1 aromatic rings. The van der Waals surface area contributed by atoms with Crippen molar-refractivity contribution < 1.29 is 19.1 Å². The molecule has 3 rings (SSSR count). The molecule has 1 aromatic carbocycles. The van der Waals surface area contributed by atoms with Gasteiger partial charge in [-0.15, -0.1) is 0 Å². The number of carbonyl (C=O) groups excluding carboxylic acids is 3. The topological polar surface area (TPSA) is 87.7 Å². The number of urea groups is 1. The summed E-state index contributed by atoms with van der Waals surface area (Å²) in [7, 11) is 1.61. The van der Waals surface area contributed by atoms with Crippen molar-refractivity contribution in [3.05, 3.63) is 28.3 Å². The quantitative estimate of drug-likeness (QED) is 0.715. The van der Waals surface area contributed by atoms with Crippen LogP contribution in [0.4, 0.5) is 4.79 Å². The second-order valence-corrected chi connectivity index (χ2v) is 8.68. The second kappa shape index (κ2) is 8.22. The predicted molar refractivity (Wildman–Crippen MR) is 110 cm³/mol. The van der Waals surface area contributed by atoms with Crippen molar-refractivity contribution in [2.75, 3.05) is 20.2 Å². The average molecular weight is 422 g/mol. The van der Waals surface area contributed by atoms with Crippen molar-refractivity contribution in [3.63, 3.8) is 0 Å². The lowest BCUT2D eigenvalue weighted by Gasteiger charge is -2.35. The van der Waals surface area contributed by atoms with Crippen LogP contribution in [0.3, 0.4) is 0 Å². The molecule has 2 aliphatic rings. The summed E-state index contributed by atoms with van der Waals surface area (Å²) in [5.74, 6) is 0.297. The van der Waals surface area contributed by atoms with Gasteiger partial charge in [0.1, 0.15) is 11.3 Å². The van der Waals surface area contributed by atoms with Gasteiger partial charge in [-0.05, 0) is 56.2 Å². The van der Waals surface area contributed by atoms with Gasteiger partial charge in [-0.25, -0.2) is 4.79 Å². The molecular formula is C21H28ClN3O4. The smallest absolute Gasteiger partial charge is 0.322 e. The Bertz CT molecular complexity index is 835. The van der Waals surface area contributed by atoms with E-state index < -0.39 is 11.6 Å². The maximum absolute atomic E-state index is 12.9. The highest BCUT2D eigenvalue weighted by Gasteiger charge is 2.44. The summed E-state index contributed by atoms with van der Waals surface area (Å²) < 4.78 is 5.38. The summed E-state index contributed by atoms with van der Waals surface area (Å²) >= 11 is 6.27. The number of ether oxygens (including phenoxy) is 1. The van der Waals surface area contributed by atoms with E-state index in [1.165, 1.54) is 5.56 Å². The van der Waals surface area contributed by atoms with Gasteiger partial charge in [-0.1, -0.05) is 24.6 Å². The van der Waals surface area contributed by atoms with Gasteiger partial charge in [0.2, 0.25) is 5.91 Å². The standard InChI is InChI=1S/C21H28ClN3O4/c1-12-9-15(10-16(29-4)17(12)22)14-5-7-25(8-6-14)18(26)13(2)11-21(3)19(27)23-20(28)24-21/h9-10,13-14H,5-8,11H2,1-4H3,(H2,23,24,27,28). The zero-order chi connectivity index (χ0) is 21.3. The van der Waals surface area contributed by atoms with Gasteiger partial charge in [0.15, 0.2) is 0 Å². The van der Waals surface area contributed by atoms with Crippen molar-refractivity contribution in [2.45, 2.75) is 51.5 Å². The first kappa shape index (κ1) is 21.4. The van der Waals surface area contributed by atoms with Gasteiger partial charge in [-0.3, -0.25) is 14.9 Å². The fraction of sp³-hybridized carbons (Fsp3) is 0.571. The fourth-order valence-corrected chi connectivity index (χ4v) is 4.50. The molecule has 0 bridgehead atoms. The van der Waals surface area contributed by atoms with Crippen LogP contribution in [0, 0.1) is 12.8 Å². The summed E-state index contributed by atoms with van der Waals surface area (Å²) in [4.78, 5) is 38.2. The van der Waals surface area contributed by atoms with E-state index in [-0.39, 0.29) is 24.2 Å². The Morgan fingerprint density at radius 2 is 2.00 bits per heavy atom. The lowest BCUT2D eigenvalue weighted by molar-refractivity contribution is -0.137. The first-order valence-corrected chi connectivity index (χ1v) is 10.3. The van der Waals surface area contributed by atoms with Crippen molar-refractivity contribution in [2.24, 2.45) is 5.92 Å². The van der Waals surface area contributed by atoms with Crippen molar-refractivity contribution >= 4 is 29.4 Å². The number of methoxy groups -OCH3 is 1. The first-order chi connectivity index (χ1) is 13.6. The zero-order valence-corrected chi connectivity index (χ0v) is 18.1. The maximum atomic E-state index is 12.9. The van der Waals surface area contributed by atoms with Crippen LogP contribution in [-0.4, -0.2) is 48.5 Å². The Kier molecular flexibility index (Phi) is 6.08. The zero-order valence-electron chi connectivity index (χ0n) is 17.3. The molecule has 2 heterocycles. The number of halogens is 1. The van der Waals surface area contributed by atoms with E-state index in [0.29, 0.717) is 29.8 Å². The number of carbonyl (C=O) groups is 3. The van der Waals surface area contributed by atoms with Crippen LogP contribution in [-0.2, 0) is 9.59 Å². The number of amides is 4. The van der Waals surface area contributed by atoms with Gasteiger partial charge in [-0.2, -0.15) is 0 Å². The van der Waals surface area contributed by atoms with E-state index in [4.69, 9.17) is 16.3 Å². The Hall–Kier alpha value is -2.28. The van der Waals surface area contributed by atoms with E-state index in [9.17, 15) is 14.4 Å². The van der Waals surface area contributed by atoms with Gasteiger partial charge in [0, 0.05) is 19.0 Å². The minimum atomic E-state index is -1.04. The van der Waals surface area contributed by atoms with Crippen LogP contribution in [0.25, 0.3) is 0 Å². The average Bonchev–Trinajstić information content (AvgIpc) is 2.94. The summed E-state index contributed by atoms with van der Waals surface area (Å²) in [5.41, 5.74) is 1.13. The number of hydrogen-bond donors (Lipinski definition) is 2. The highest BCUT2D eigenvalue weighted by molar-refractivity contribution is 6.32. The number of likely N-dealkylation sites (tertiary alicyclic amines) is 1. The van der Waals surface area contributed by atoms with Crippen LogP contribution >= 0.6 is 11.6 Å². The third kappa shape index (κ3) is 4.34. The predicted octanol–water partition coefficient (Wildman–Crippen LogP) is 2.99. The molecule has 0 aliphatic carbocycles. The minimum Gasteiger partial charge on any atom is -0.495 e. The van der Waals surface area contributed by atoms with Crippen LogP contribution < -0.4 is 15.4 Å². The highest BCUT2D eigenvalue weighted by atomic mass is 35.5. The number of hydrogen-bond acceptors (Lipinski definition) is 4. The number of nitrogens with one attached hydrogen (secondary N) is 2. The lowest BCUT2D eigenvalue weighted by atomic mass is 9.86. The fourth-order valence-electron chi connectivity index (χ4n) is 4.32. The number of benzene rings is 1. The molecule has 0 radical (unpaired) electrons. The molecule has 2 N–H and O–H groups in total. The number of nitrogens with zero attached hydrogens (tertiary/aromatic N) is 1. The molecule has 0 aromatic heterocycles. The SMILES string of the molecule is COc1cc(C2CCN(C(=O)C(C)CC3(C)NC(=O)NC3=O)CC2)cc(C)c1Cl. The van der Waals surface area contributed by atoms with E-state index >= 15 is 0 Å². The molecule has 29 heavy (non-hydrogen) atoms. The van der Waals surface area contributed by atoms with Gasteiger partial charge in [0.25, 0.3) is 5.91 Å². The largest absolute Gasteiger partial charge is 0.495 e. The third-order valence-corrected chi connectivity index (χ3v) is 6.48. The Balaban J connectivity index is 1.60. The normalized spacial score (nSPS) is 23.6. The van der Waals surface area contributed by atoms with Gasteiger partial charge >= 0.3 is 6.03 Å². The molecule has 0 saturated carbocycles. The van der Waals surface area contributed by atoms with Crippen molar-refractivity contribution in [3.8, 4) is 5.75 Å². The van der Waals surface area contributed by atoms with Crippen LogP contribution in [0.2, 0.25) is 5.02 Å². The molecule has 158 valence electrons. The van der Waals surface area contributed by atoms with Crippen LogP contribution in [0.5, 0.6) is 5.75 Å². The lowest BCUT2D eigenvalue weighted by Crippen LogP contribution is -2.48. The molecule has 2 aliphatic heterocycles. The molecule has 2 saturated heterocycles. The number of aryl methyl sites for hydroxylation is 1. The van der Waals surface area contributed by atoms with E-state index in [2.05, 4.69) is 16.7 Å². The maximum Gasteiger partial charge on any atom is 0.322 e. The Labute approximate surface area is 176 Å². The van der Waals surface area contributed by atoms with E-state index in [0.717, 1.165) is 18.4 Å². The molecule has 8 heteroatoms. The molecule has 2 atom stereocenters. The van der Waals surface area contributed by atoms with Crippen molar-refractivity contribution in [1.29, 1.82) is 0 Å². The monoisotopic (exact) mass is 421 g/mol. The van der Waals surface area contributed by atoms with Crippen molar-refractivity contribution in [1.82, 2.24) is 15.5 Å². The van der Waals surface area contributed by atoms with Crippen LogP contribution in [0.1, 0.15) is 50.2 Å². The minimum absolute atomic E-state index is 0.0171. The third-order valence-electron chi connectivity index (χ3n) is 6.00. The summed E-state index contributed by atoms with van der Waals surface area (Å²) in [6, 6.07) is 3.58. The Morgan fingerprint density at radius 1 is 1.34 bits per heavy atom. The van der Waals surface area contributed by atoms with Gasteiger partial charge < -0.3 is 15.0 Å². The molecule has 7 nitrogen and oxygen atoms in total. The van der Waals surface area contributed by atoms with Gasteiger partial charge in [0.05, 0.1) is 12.1 Å². The first-order valence-electron chi connectivity index (χ1n) is 9.91. The highest BCUT2D eigenvalue weighted by Crippen LogP contribution is 2.36.